The molecule has 7 heteroatoms. The second kappa shape index (κ2) is 5.23. The lowest BCUT2D eigenvalue weighted by atomic mass is 10.1. The van der Waals surface area contributed by atoms with Crippen molar-refractivity contribution in [1.82, 2.24) is 25.3 Å². The van der Waals surface area contributed by atoms with Crippen LogP contribution in [-0.4, -0.2) is 32.4 Å². The summed E-state index contributed by atoms with van der Waals surface area (Å²) in [6.45, 7) is 0.674. The highest BCUT2D eigenvalue weighted by Crippen LogP contribution is 2.39. The lowest BCUT2D eigenvalue weighted by molar-refractivity contribution is 0.0945. The first kappa shape index (κ1) is 14.3. The summed E-state index contributed by atoms with van der Waals surface area (Å²) >= 11 is 2.25. The molecule has 24 heavy (non-hydrogen) atoms. The van der Waals surface area contributed by atoms with Crippen LogP contribution in [-0.2, 0) is 6.42 Å². The molecule has 120 valence electrons. The average Bonchev–Trinajstić information content (AvgIpc) is 3.38. The number of nitrogens with one attached hydrogen (secondary N) is 2. The van der Waals surface area contributed by atoms with Crippen LogP contribution in [0.3, 0.4) is 0 Å². The Bertz CT molecular complexity index is 992. The number of rotatable bonds is 2. The fourth-order valence-corrected chi connectivity index (χ4v) is 4.21. The molecule has 0 atom stereocenters. The Hall–Kier alpha value is -2.03. The van der Waals surface area contributed by atoms with E-state index < -0.39 is 0 Å². The molecule has 0 aromatic carbocycles. The van der Waals surface area contributed by atoms with Gasteiger partial charge in [0, 0.05) is 36.3 Å². The monoisotopic (exact) mass is 431 g/mol. The number of carbonyl (C=O) groups excluding carboxylic acids is 1. The maximum absolute atomic E-state index is 12.2. The summed E-state index contributed by atoms with van der Waals surface area (Å²) in [4.78, 5) is 29.3. The van der Waals surface area contributed by atoms with Gasteiger partial charge in [0.05, 0.1) is 21.0 Å². The molecule has 2 aliphatic rings. The molecule has 0 spiro atoms. The number of pyridine rings is 1. The Morgan fingerprint density at radius 1 is 1.25 bits per heavy atom. The maximum atomic E-state index is 12.2. The number of carbonyl (C=O) groups is 1. The summed E-state index contributed by atoms with van der Waals surface area (Å²) in [6.07, 6.45) is 6.73. The van der Waals surface area contributed by atoms with E-state index in [0.717, 1.165) is 62.2 Å². The number of aromatic nitrogens is 4. The number of fused-ring (bicyclic) bond motifs is 2. The number of hydrogen-bond donors (Lipinski definition) is 2. The third-order valence-corrected chi connectivity index (χ3v) is 5.69. The van der Waals surface area contributed by atoms with Crippen LogP contribution in [0.4, 0.5) is 0 Å². The van der Waals surface area contributed by atoms with Crippen LogP contribution < -0.4 is 5.32 Å². The molecule has 1 aliphatic carbocycles. The third kappa shape index (κ3) is 2.14. The number of halogens is 1. The van der Waals surface area contributed by atoms with E-state index in [1.54, 1.807) is 6.20 Å². The minimum absolute atomic E-state index is 0.00481. The van der Waals surface area contributed by atoms with Crippen LogP contribution in [0.25, 0.3) is 22.3 Å². The van der Waals surface area contributed by atoms with E-state index in [1.165, 1.54) is 0 Å². The van der Waals surface area contributed by atoms with Crippen LogP contribution in [0.2, 0.25) is 0 Å². The normalized spacial score (nSPS) is 17.0. The maximum Gasteiger partial charge on any atom is 0.254 e. The Labute approximate surface area is 151 Å². The quantitative estimate of drug-likeness (QED) is 0.612. The molecule has 1 amide bonds. The minimum atomic E-state index is -0.00481. The van der Waals surface area contributed by atoms with Crippen molar-refractivity contribution in [3.63, 3.8) is 0 Å². The van der Waals surface area contributed by atoms with Gasteiger partial charge in [-0.15, -0.1) is 0 Å². The van der Waals surface area contributed by atoms with Crippen molar-refractivity contribution >= 4 is 39.5 Å². The lowest BCUT2D eigenvalue weighted by Gasteiger charge is -2.11. The molecule has 4 heterocycles. The van der Waals surface area contributed by atoms with Gasteiger partial charge in [-0.25, -0.2) is 9.97 Å². The summed E-state index contributed by atoms with van der Waals surface area (Å²) in [7, 11) is 0. The molecule has 0 unspecified atom stereocenters. The van der Waals surface area contributed by atoms with E-state index in [9.17, 15) is 4.79 Å². The van der Waals surface area contributed by atoms with Gasteiger partial charge in [-0.05, 0) is 41.5 Å². The largest absolute Gasteiger partial charge is 0.357 e. The molecule has 6 nitrogen and oxygen atoms in total. The highest BCUT2D eigenvalue weighted by Gasteiger charge is 2.28. The summed E-state index contributed by atoms with van der Waals surface area (Å²) in [5.74, 6) is 1.39. The minimum Gasteiger partial charge on any atom is -0.357 e. The fourth-order valence-electron chi connectivity index (χ4n) is 3.22. The van der Waals surface area contributed by atoms with Crippen molar-refractivity contribution in [3.8, 4) is 11.3 Å². The SMILES string of the molecule is O=C1NCCc2[nH]c(-c3ccnc4cnc(C5CC5)nc34)c(I)c21. The first-order valence-electron chi connectivity index (χ1n) is 8.03. The molecule has 1 saturated carbocycles. The first-order chi connectivity index (χ1) is 11.7. The summed E-state index contributed by atoms with van der Waals surface area (Å²) in [5.41, 5.74) is 5.33. The molecule has 0 saturated heterocycles. The third-order valence-electron chi connectivity index (χ3n) is 4.61. The molecule has 3 aromatic heterocycles. The van der Waals surface area contributed by atoms with Gasteiger partial charge in [0.1, 0.15) is 16.9 Å². The van der Waals surface area contributed by atoms with Crippen molar-refractivity contribution < 1.29 is 4.79 Å². The van der Waals surface area contributed by atoms with Gasteiger partial charge in [-0.3, -0.25) is 9.78 Å². The van der Waals surface area contributed by atoms with Crippen molar-refractivity contribution in [1.29, 1.82) is 0 Å². The predicted molar refractivity (Wildman–Crippen MR) is 97.8 cm³/mol. The number of nitrogens with zero attached hydrogens (tertiary/aromatic N) is 3. The van der Waals surface area contributed by atoms with E-state index in [-0.39, 0.29) is 5.91 Å². The van der Waals surface area contributed by atoms with Gasteiger partial charge in [0.15, 0.2) is 0 Å². The second-order valence-electron chi connectivity index (χ2n) is 6.27. The summed E-state index contributed by atoms with van der Waals surface area (Å²) in [6, 6.07) is 1.96. The van der Waals surface area contributed by atoms with Crippen LogP contribution in [0.1, 0.15) is 40.6 Å². The van der Waals surface area contributed by atoms with E-state index in [4.69, 9.17) is 4.98 Å². The molecule has 1 aliphatic heterocycles. The number of hydrogen-bond acceptors (Lipinski definition) is 4. The molecular weight excluding hydrogens is 417 g/mol. The van der Waals surface area contributed by atoms with Gasteiger partial charge < -0.3 is 10.3 Å². The van der Waals surface area contributed by atoms with Crippen LogP contribution in [0.15, 0.2) is 18.5 Å². The molecular formula is C17H14IN5O. The predicted octanol–water partition coefficient (Wildman–Crippen LogP) is 2.79. The van der Waals surface area contributed by atoms with E-state index in [1.807, 2.05) is 12.3 Å². The Kier molecular flexibility index (Phi) is 3.12. The van der Waals surface area contributed by atoms with Gasteiger partial charge in [-0.2, -0.15) is 0 Å². The van der Waals surface area contributed by atoms with E-state index in [2.05, 4.69) is 42.9 Å². The van der Waals surface area contributed by atoms with Crippen molar-refractivity contribution in [2.75, 3.05) is 6.54 Å². The zero-order chi connectivity index (χ0) is 16.3. The lowest BCUT2D eigenvalue weighted by Crippen LogP contribution is -2.31. The van der Waals surface area contributed by atoms with Crippen LogP contribution in [0.5, 0.6) is 0 Å². The van der Waals surface area contributed by atoms with Gasteiger partial charge in [0.2, 0.25) is 0 Å². The van der Waals surface area contributed by atoms with E-state index >= 15 is 0 Å². The van der Waals surface area contributed by atoms with Crippen LogP contribution in [0, 0.1) is 3.57 Å². The number of amides is 1. The van der Waals surface area contributed by atoms with Crippen molar-refractivity contribution in [2.24, 2.45) is 0 Å². The van der Waals surface area contributed by atoms with Crippen molar-refractivity contribution in [3.05, 3.63) is 39.1 Å². The summed E-state index contributed by atoms with van der Waals surface area (Å²) < 4.78 is 0.943. The smallest absolute Gasteiger partial charge is 0.254 e. The zero-order valence-corrected chi connectivity index (χ0v) is 14.9. The zero-order valence-electron chi connectivity index (χ0n) is 12.8. The standard InChI is InChI=1S/C17H14IN5O/c18-13-12-10(4-6-20-17(12)24)22-15(13)9-3-5-19-11-7-21-16(8-1-2-8)23-14(9)11/h3,5,7-8,22H,1-2,4,6H2,(H,20,24). The molecule has 5 rings (SSSR count). The molecule has 3 aromatic rings. The number of aromatic amines is 1. The fraction of sp³-hybridized carbons (Fsp3) is 0.294. The summed E-state index contributed by atoms with van der Waals surface area (Å²) in [5, 5.41) is 2.91. The van der Waals surface area contributed by atoms with Gasteiger partial charge >= 0.3 is 0 Å². The Balaban J connectivity index is 1.74. The van der Waals surface area contributed by atoms with Crippen LogP contribution >= 0.6 is 22.6 Å². The number of H-pyrrole nitrogens is 1. The molecule has 0 bridgehead atoms. The first-order valence-corrected chi connectivity index (χ1v) is 9.11. The highest BCUT2D eigenvalue weighted by atomic mass is 127. The topological polar surface area (TPSA) is 83.6 Å². The van der Waals surface area contributed by atoms with E-state index in [0.29, 0.717) is 12.5 Å². The van der Waals surface area contributed by atoms with Gasteiger partial charge in [0.25, 0.3) is 5.91 Å². The average molecular weight is 431 g/mol. The second-order valence-corrected chi connectivity index (χ2v) is 7.35. The Morgan fingerprint density at radius 3 is 2.92 bits per heavy atom. The molecule has 0 radical (unpaired) electrons. The van der Waals surface area contributed by atoms with Gasteiger partial charge in [-0.1, -0.05) is 0 Å². The Morgan fingerprint density at radius 2 is 2.12 bits per heavy atom. The molecule has 2 N–H and O–H groups in total. The highest BCUT2D eigenvalue weighted by molar-refractivity contribution is 14.1. The van der Waals surface area contributed by atoms with Crippen molar-refractivity contribution in [2.45, 2.75) is 25.2 Å². The molecule has 1 fully saturated rings.